The molecule has 0 bridgehead atoms. The predicted molar refractivity (Wildman–Crippen MR) is 151 cm³/mol. The summed E-state index contributed by atoms with van der Waals surface area (Å²) >= 11 is 0. The molecule has 1 aromatic heterocycles. The Balaban J connectivity index is 1.36. The van der Waals surface area contributed by atoms with E-state index < -0.39 is 11.7 Å². The van der Waals surface area contributed by atoms with E-state index in [9.17, 15) is 18.4 Å². The number of ether oxygens (including phenoxy) is 1. The summed E-state index contributed by atoms with van der Waals surface area (Å²) in [5.74, 6) is 0.808. The molecule has 3 aliphatic heterocycles. The molecule has 2 fully saturated rings. The van der Waals surface area contributed by atoms with E-state index in [2.05, 4.69) is 28.2 Å². The molecule has 3 aliphatic rings. The van der Waals surface area contributed by atoms with Crippen molar-refractivity contribution in [2.45, 2.75) is 50.5 Å². The van der Waals surface area contributed by atoms with Crippen LogP contribution in [-0.4, -0.2) is 73.3 Å². The fourth-order valence-electron chi connectivity index (χ4n) is 6.37. The highest BCUT2D eigenvalue weighted by Gasteiger charge is 2.35. The van der Waals surface area contributed by atoms with Crippen LogP contribution in [0.15, 0.2) is 36.4 Å². The Morgan fingerprint density at radius 1 is 1.10 bits per heavy atom. The zero-order valence-electron chi connectivity index (χ0n) is 23.1. The number of nitrogens with zero attached hydrogens (tertiary/aromatic N) is 6. The van der Waals surface area contributed by atoms with Crippen LogP contribution in [0.2, 0.25) is 0 Å². The molecule has 0 aliphatic carbocycles. The number of piperazine rings is 1. The van der Waals surface area contributed by atoms with Gasteiger partial charge in [0.2, 0.25) is 0 Å². The lowest BCUT2D eigenvalue weighted by Gasteiger charge is -2.37. The van der Waals surface area contributed by atoms with Crippen LogP contribution in [0.5, 0.6) is 6.01 Å². The van der Waals surface area contributed by atoms with Gasteiger partial charge in [-0.1, -0.05) is 24.3 Å². The van der Waals surface area contributed by atoms with Gasteiger partial charge in [-0.3, -0.25) is 0 Å². The van der Waals surface area contributed by atoms with Gasteiger partial charge in [-0.2, -0.15) is 28.4 Å². The van der Waals surface area contributed by atoms with Crippen molar-refractivity contribution in [3.63, 3.8) is 0 Å². The lowest BCUT2D eigenvalue weighted by atomic mass is 9.98. The van der Waals surface area contributed by atoms with Crippen LogP contribution in [0.1, 0.15) is 36.1 Å². The van der Waals surface area contributed by atoms with Gasteiger partial charge in [0.05, 0.1) is 30.3 Å². The summed E-state index contributed by atoms with van der Waals surface area (Å²) in [6.45, 7) is 4.51. The topological polar surface area (TPSA) is 80.5 Å². The molecule has 3 aromatic rings. The van der Waals surface area contributed by atoms with Crippen molar-refractivity contribution in [2.75, 3.05) is 56.2 Å². The quantitative estimate of drug-likeness (QED) is 0.472. The lowest BCUT2D eigenvalue weighted by Crippen LogP contribution is -2.51. The highest BCUT2D eigenvalue weighted by molar-refractivity contribution is 5.97. The number of fused-ring (bicyclic) bond motifs is 2. The zero-order chi connectivity index (χ0) is 28.6. The number of likely N-dealkylation sites (tertiary alicyclic amines) is 1. The second-order valence-corrected chi connectivity index (χ2v) is 11.2. The average molecular weight is 566 g/mol. The summed E-state index contributed by atoms with van der Waals surface area (Å²) in [5, 5.41) is 13.4. The number of rotatable bonds is 6. The van der Waals surface area contributed by atoms with Gasteiger partial charge < -0.3 is 24.8 Å². The van der Waals surface area contributed by atoms with Gasteiger partial charge in [0.1, 0.15) is 12.4 Å². The molecule has 4 heterocycles. The van der Waals surface area contributed by atoms with E-state index in [1.807, 2.05) is 4.90 Å². The van der Waals surface area contributed by atoms with E-state index in [0.717, 1.165) is 55.6 Å². The fourth-order valence-corrected chi connectivity index (χ4v) is 6.37. The minimum Gasteiger partial charge on any atom is -0.462 e. The first kappa shape index (κ1) is 27.5. The molecule has 2 aromatic carbocycles. The molecule has 2 atom stereocenters. The Hall–Kier alpha value is -3.62. The monoisotopic (exact) mass is 565 g/mol. The molecule has 11 heteroatoms. The molecule has 0 saturated carbocycles. The van der Waals surface area contributed by atoms with Crippen molar-refractivity contribution in [2.24, 2.45) is 0 Å². The summed E-state index contributed by atoms with van der Waals surface area (Å²) in [7, 11) is 2.09. The Morgan fingerprint density at radius 2 is 1.93 bits per heavy atom. The van der Waals surface area contributed by atoms with Gasteiger partial charge in [-0.25, -0.2) is 0 Å². The van der Waals surface area contributed by atoms with Crippen LogP contribution in [0.4, 0.5) is 24.7 Å². The molecule has 41 heavy (non-hydrogen) atoms. The minimum absolute atomic E-state index is 0.0347. The Morgan fingerprint density at radius 3 is 2.68 bits per heavy atom. The second-order valence-electron chi connectivity index (χ2n) is 11.2. The van der Waals surface area contributed by atoms with Crippen molar-refractivity contribution in [1.29, 1.82) is 5.26 Å². The van der Waals surface area contributed by atoms with Crippen molar-refractivity contribution >= 4 is 22.3 Å². The summed E-state index contributed by atoms with van der Waals surface area (Å²) in [6.07, 6.45) is -1.29. The maximum atomic E-state index is 14.1. The number of nitriles is 1. The highest BCUT2D eigenvalue weighted by atomic mass is 19.4. The molecule has 1 N–H and O–H groups in total. The third kappa shape index (κ3) is 5.63. The van der Waals surface area contributed by atoms with Gasteiger partial charge in [0.25, 0.3) is 0 Å². The number of halogens is 3. The maximum absolute atomic E-state index is 14.1. The molecular weight excluding hydrogens is 531 g/mol. The van der Waals surface area contributed by atoms with E-state index in [-0.39, 0.29) is 11.4 Å². The largest absolute Gasteiger partial charge is 0.462 e. The summed E-state index contributed by atoms with van der Waals surface area (Å²) < 4.78 is 48.3. The van der Waals surface area contributed by atoms with Crippen LogP contribution in [-0.2, 0) is 19.1 Å². The van der Waals surface area contributed by atoms with Gasteiger partial charge in [-0.15, -0.1) is 0 Å². The van der Waals surface area contributed by atoms with Crippen LogP contribution < -0.4 is 19.9 Å². The first-order chi connectivity index (χ1) is 19.8. The third-order valence-electron chi connectivity index (χ3n) is 8.52. The van der Waals surface area contributed by atoms with Crippen molar-refractivity contribution < 1.29 is 17.9 Å². The molecule has 0 amide bonds. The Kier molecular flexibility index (Phi) is 7.62. The van der Waals surface area contributed by atoms with Gasteiger partial charge in [-0.05, 0) is 50.4 Å². The molecule has 2 saturated heterocycles. The van der Waals surface area contributed by atoms with Crippen LogP contribution in [0.3, 0.4) is 0 Å². The van der Waals surface area contributed by atoms with Crippen LogP contribution in [0, 0.1) is 11.3 Å². The SMILES string of the molecule is CN1CCCC1COc1nc2c(c(N3CCNC(CC#N)C3)n1)CCN(c1cccc3cccc(C(F)(F)F)c13)C2. The fraction of sp³-hybridized carbons (Fsp3) is 0.500. The maximum Gasteiger partial charge on any atom is 0.417 e. The minimum atomic E-state index is -4.46. The molecule has 0 spiro atoms. The van der Waals surface area contributed by atoms with Crippen LogP contribution in [0.25, 0.3) is 10.8 Å². The first-order valence-electron chi connectivity index (χ1n) is 14.2. The molecular formula is C30H34F3N7O. The molecule has 2 unspecified atom stereocenters. The molecule has 6 rings (SSSR count). The molecule has 8 nitrogen and oxygen atoms in total. The van der Waals surface area contributed by atoms with Crippen LogP contribution >= 0.6 is 0 Å². The summed E-state index contributed by atoms with van der Waals surface area (Å²) in [5.41, 5.74) is 1.69. The number of benzene rings is 2. The Bertz CT molecular complexity index is 1450. The molecule has 216 valence electrons. The Labute approximate surface area is 237 Å². The van der Waals surface area contributed by atoms with Gasteiger partial charge in [0.15, 0.2) is 0 Å². The van der Waals surface area contributed by atoms with Crippen molar-refractivity contribution in [3.8, 4) is 12.1 Å². The van der Waals surface area contributed by atoms with E-state index in [0.29, 0.717) is 62.2 Å². The zero-order valence-corrected chi connectivity index (χ0v) is 23.1. The number of alkyl halides is 3. The number of anilines is 2. The number of hydrogen-bond acceptors (Lipinski definition) is 8. The van der Waals surface area contributed by atoms with E-state index >= 15 is 0 Å². The normalized spacial score (nSPS) is 21.6. The standard InChI is InChI=1S/C30H34F3N7O/c1-38-14-4-7-22(38)19-41-29-36-25-18-39(26-9-3-6-20-5-2-8-24(27(20)26)30(31,32)33)15-11-23(25)28(37-29)40-16-13-35-21(17-40)10-12-34/h2-3,5-6,8-9,21-22,35H,4,7,10-11,13-19H2,1H3. The van der Waals surface area contributed by atoms with E-state index in [1.54, 1.807) is 24.3 Å². The lowest BCUT2D eigenvalue weighted by molar-refractivity contribution is -0.136. The highest BCUT2D eigenvalue weighted by Crippen LogP contribution is 2.41. The van der Waals surface area contributed by atoms with Gasteiger partial charge in [0, 0.05) is 54.9 Å². The average Bonchev–Trinajstić information content (AvgIpc) is 3.39. The summed E-state index contributed by atoms with van der Waals surface area (Å²) in [6, 6.07) is 12.5. The molecule has 0 radical (unpaired) electrons. The number of hydrogen-bond donors (Lipinski definition) is 1. The number of likely N-dealkylation sites (N-methyl/N-ethyl adjacent to an activating group) is 1. The van der Waals surface area contributed by atoms with E-state index in [1.165, 1.54) is 6.07 Å². The van der Waals surface area contributed by atoms with E-state index in [4.69, 9.17) is 14.7 Å². The number of nitrogens with one attached hydrogen (secondary N) is 1. The second kappa shape index (κ2) is 11.3. The number of aromatic nitrogens is 2. The predicted octanol–water partition coefficient (Wildman–Crippen LogP) is 4.38. The van der Waals surface area contributed by atoms with Crippen molar-refractivity contribution in [1.82, 2.24) is 20.2 Å². The van der Waals surface area contributed by atoms with Gasteiger partial charge >= 0.3 is 12.2 Å². The summed E-state index contributed by atoms with van der Waals surface area (Å²) in [4.78, 5) is 16.2. The third-order valence-corrected chi connectivity index (χ3v) is 8.52. The smallest absolute Gasteiger partial charge is 0.417 e. The first-order valence-corrected chi connectivity index (χ1v) is 14.2. The van der Waals surface area contributed by atoms with Crippen molar-refractivity contribution in [3.05, 3.63) is 53.2 Å².